The van der Waals surface area contributed by atoms with Gasteiger partial charge in [-0.15, -0.1) is 0 Å². The molecule has 66 valence electrons. The molecule has 11 heavy (non-hydrogen) atoms. The Labute approximate surface area is 66.0 Å². The minimum atomic E-state index is -3.34. The standard InChI is InChI=1S/C5H12N2O3S/c1-5(8)3-2-4-11(9,10)7-6/h7H,2-4,6H2,1H3. The Kier molecular flexibility index (Phi) is 4.24. The van der Waals surface area contributed by atoms with Gasteiger partial charge < -0.3 is 4.79 Å². The van der Waals surface area contributed by atoms with E-state index in [-0.39, 0.29) is 18.0 Å². The number of carbonyl (C=O) groups excluding carboxylic acids is 1. The average molecular weight is 180 g/mol. The lowest BCUT2D eigenvalue weighted by molar-refractivity contribution is -0.117. The van der Waals surface area contributed by atoms with Gasteiger partial charge in [-0.3, -0.25) is 5.84 Å². The number of hydrogen-bond acceptors (Lipinski definition) is 4. The Balaban J connectivity index is 3.63. The van der Waals surface area contributed by atoms with Crippen LogP contribution in [-0.2, 0) is 14.8 Å². The fourth-order valence-electron chi connectivity index (χ4n) is 0.570. The Morgan fingerprint density at radius 1 is 1.55 bits per heavy atom. The summed E-state index contributed by atoms with van der Waals surface area (Å²) in [6.45, 7) is 1.42. The van der Waals surface area contributed by atoms with Crippen molar-refractivity contribution >= 4 is 15.8 Å². The molecule has 0 bridgehead atoms. The van der Waals surface area contributed by atoms with Gasteiger partial charge in [-0.25, -0.2) is 8.42 Å². The van der Waals surface area contributed by atoms with E-state index in [1.165, 1.54) is 6.92 Å². The minimum Gasteiger partial charge on any atom is -0.300 e. The molecule has 6 heteroatoms. The molecule has 0 aromatic heterocycles. The van der Waals surface area contributed by atoms with E-state index in [1.54, 1.807) is 4.83 Å². The summed E-state index contributed by atoms with van der Waals surface area (Å²) in [5.41, 5.74) is 0. The van der Waals surface area contributed by atoms with Gasteiger partial charge in [-0.05, 0) is 13.3 Å². The Morgan fingerprint density at radius 3 is 2.45 bits per heavy atom. The zero-order valence-electron chi connectivity index (χ0n) is 6.33. The van der Waals surface area contributed by atoms with Gasteiger partial charge in [-0.1, -0.05) is 0 Å². The van der Waals surface area contributed by atoms with Crippen LogP contribution in [0.25, 0.3) is 0 Å². The van der Waals surface area contributed by atoms with Crippen molar-refractivity contribution in [2.45, 2.75) is 19.8 Å². The second-order valence-electron chi connectivity index (χ2n) is 2.24. The van der Waals surface area contributed by atoms with E-state index in [0.717, 1.165) is 0 Å². The van der Waals surface area contributed by atoms with Crippen LogP contribution in [0.1, 0.15) is 19.8 Å². The van der Waals surface area contributed by atoms with Gasteiger partial charge in [0.05, 0.1) is 5.75 Å². The zero-order chi connectivity index (χ0) is 8.91. The minimum absolute atomic E-state index is 0.0165. The first-order chi connectivity index (χ1) is 4.98. The normalized spacial score (nSPS) is 11.5. The van der Waals surface area contributed by atoms with E-state index >= 15 is 0 Å². The first-order valence-corrected chi connectivity index (χ1v) is 4.82. The molecule has 0 rings (SSSR count). The summed E-state index contributed by atoms with van der Waals surface area (Å²) in [5.74, 6) is 4.59. The van der Waals surface area contributed by atoms with Crippen LogP contribution in [0.2, 0.25) is 0 Å². The average Bonchev–Trinajstić information content (AvgIpc) is 1.87. The summed E-state index contributed by atoms with van der Waals surface area (Å²) >= 11 is 0. The van der Waals surface area contributed by atoms with Crippen molar-refractivity contribution in [2.75, 3.05) is 5.75 Å². The third kappa shape index (κ3) is 5.96. The van der Waals surface area contributed by atoms with Gasteiger partial charge in [0, 0.05) is 6.42 Å². The van der Waals surface area contributed by atoms with E-state index in [0.29, 0.717) is 6.42 Å². The quantitative estimate of drug-likeness (QED) is 0.426. The molecule has 0 aliphatic heterocycles. The van der Waals surface area contributed by atoms with Gasteiger partial charge in [0.15, 0.2) is 0 Å². The summed E-state index contributed by atoms with van der Waals surface area (Å²) in [5, 5.41) is 0. The first-order valence-electron chi connectivity index (χ1n) is 3.17. The number of Topliss-reactive ketones (excluding diaryl/α,β-unsaturated/α-hetero) is 1. The summed E-state index contributed by atoms with van der Waals surface area (Å²) in [6, 6.07) is 0. The summed E-state index contributed by atoms with van der Waals surface area (Å²) in [6.07, 6.45) is 0.600. The van der Waals surface area contributed by atoms with E-state index in [2.05, 4.69) is 0 Å². The second kappa shape index (κ2) is 4.42. The van der Waals surface area contributed by atoms with Crippen LogP contribution >= 0.6 is 0 Å². The van der Waals surface area contributed by atoms with E-state index in [9.17, 15) is 13.2 Å². The predicted octanol–water partition coefficient (Wildman–Crippen LogP) is -0.851. The topological polar surface area (TPSA) is 89.3 Å². The van der Waals surface area contributed by atoms with E-state index in [4.69, 9.17) is 5.84 Å². The van der Waals surface area contributed by atoms with Crippen LogP contribution in [0.15, 0.2) is 0 Å². The third-order valence-corrected chi connectivity index (χ3v) is 2.31. The monoisotopic (exact) mass is 180 g/mol. The lowest BCUT2D eigenvalue weighted by Gasteiger charge is -1.99. The zero-order valence-corrected chi connectivity index (χ0v) is 7.15. The van der Waals surface area contributed by atoms with E-state index < -0.39 is 10.0 Å². The Hall–Kier alpha value is -0.460. The number of hydrogen-bond donors (Lipinski definition) is 2. The SMILES string of the molecule is CC(=O)CCCS(=O)(=O)NN. The molecule has 0 aliphatic carbocycles. The smallest absolute Gasteiger partial charge is 0.224 e. The molecule has 0 fully saturated rings. The maximum absolute atomic E-state index is 10.6. The molecule has 0 unspecified atom stereocenters. The fraction of sp³-hybridized carbons (Fsp3) is 0.800. The number of ketones is 1. The van der Waals surface area contributed by atoms with Gasteiger partial charge >= 0.3 is 0 Å². The first kappa shape index (κ1) is 10.5. The number of nitrogens with two attached hydrogens (primary N) is 1. The van der Waals surface area contributed by atoms with Crippen molar-refractivity contribution in [2.24, 2.45) is 5.84 Å². The molecule has 0 saturated heterocycles. The molecule has 5 nitrogen and oxygen atoms in total. The summed E-state index contributed by atoms with van der Waals surface area (Å²) in [7, 11) is -3.34. The molecule has 0 radical (unpaired) electrons. The Bertz CT molecular complexity index is 222. The lowest BCUT2D eigenvalue weighted by Crippen LogP contribution is -2.32. The van der Waals surface area contributed by atoms with Crippen LogP contribution in [0, 0.1) is 0 Å². The van der Waals surface area contributed by atoms with E-state index in [1.807, 2.05) is 0 Å². The van der Waals surface area contributed by atoms with Crippen LogP contribution in [-0.4, -0.2) is 20.0 Å². The number of carbonyl (C=O) groups is 1. The molecule has 0 aliphatic rings. The van der Waals surface area contributed by atoms with Crippen LogP contribution in [0.4, 0.5) is 0 Å². The molecule has 0 saturated carbocycles. The highest BCUT2D eigenvalue weighted by atomic mass is 32.2. The number of hydrazine groups is 1. The largest absolute Gasteiger partial charge is 0.300 e. The molecular weight excluding hydrogens is 168 g/mol. The molecule has 0 amide bonds. The van der Waals surface area contributed by atoms with Crippen molar-refractivity contribution in [3.8, 4) is 0 Å². The van der Waals surface area contributed by atoms with Crippen LogP contribution in [0.5, 0.6) is 0 Å². The second-order valence-corrected chi connectivity index (χ2v) is 4.12. The number of sulfonamides is 1. The highest BCUT2D eigenvalue weighted by Gasteiger charge is 2.06. The van der Waals surface area contributed by atoms with Gasteiger partial charge in [0.1, 0.15) is 5.78 Å². The van der Waals surface area contributed by atoms with Crippen molar-refractivity contribution in [1.82, 2.24) is 4.83 Å². The predicted molar refractivity (Wildman–Crippen MR) is 41.0 cm³/mol. The molecule has 0 spiro atoms. The number of nitrogens with one attached hydrogen (secondary N) is 1. The van der Waals surface area contributed by atoms with Crippen molar-refractivity contribution in [1.29, 1.82) is 0 Å². The van der Waals surface area contributed by atoms with Gasteiger partial charge in [0.2, 0.25) is 10.0 Å². The van der Waals surface area contributed by atoms with Crippen molar-refractivity contribution in [3.05, 3.63) is 0 Å². The highest BCUT2D eigenvalue weighted by molar-refractivity contribution is 7.89. The number of rotatable bonds is 5. The maximum Gasteiger partial charge on any atom is 0.224 e. The molecule has 0 aromatic carbocycles. The highest BCUT2D eigenvalue weighted by Crippen LogP contribution is 1.93. The maximum atomic E-state index is 10.6. The molecule has 0 atom stereocenters. The Morgan fingerprint density at radius 2 is 2.09 bits per heavy atom. The van der Waals surface area contributed by atoms with Gasteiger partial charge in [-0.2, -0.15) is 4.83 Å². The molecular formula is C5H12N2O3S. The lowest BCUT2D eigenvalue weighted by atomic mass is 10.3. The van der Waals surface area contributed by atoms with Crippen LogP contribution in [0.3, 0.4) is 0 Å². The summed E-state index contributed by atoms with van der Waals surface area (Å²) in [4.78, 5) is 12.0. The van der Waals surface area contributed by atoms with Crippen molar-refractivity contribution < 1.29 is 13.2 Å². The third-order valence-electron chi connectivity index (χ3n) is 1.12. The van der Waals surface area contributed by atoms with Crippen molar-refractivity contribution in [3.63, 3.8) is 0 Å². The molecule has 0 aromatic rings. The van der Waals surface area contributed by atoms with Gasteiger partial charge in [0.25, 0.3) is 0 Å². The molecule has 3 N–H and O–H groups in total. The fourth-order valence-corrected chi connectivity index (χ4v) is 1.21. The van der Waals surface area contributed by atoms with Crippen LogP contribution < -0.4 is 10.7 Å². The molecule has 0 heterocycles. The summed E-state index contributed by atoms with van der Waals surface area (Å²) < 4.78 is 21.3.